The highest BCUT2D eigenvalue weighted by Gasteiger charge is 2.41. The third-order valence-corrected chi connectivity index (χ3v) is 8.51. The second kappa shape index (κ2) is 10.5. The van der Waals surface area contributed by atoms with Crippen LogP contribution in [0, 0.1) is 0 Å². The molecule has 2 aromatic carbocycles. The molecule has 4 aromatic rings. The molecule has 0 N–H and O–H groups in total. The van der Waals surface area contributed by atoms with E-state index in [-0.39, 0.29) is 18.1 Å². The average Bonchev–Trinajstić information content (AvgIpc) is 3.61. The number of aromatic nitrogens is 3. The molecule has 40 heavy (non-hydrogen) atoms. The first-order valence-electron chi connectivity index (χ1n) is 13.1. The van der Waals surface area contributed by atoms with Gasteiger partial charge in [-0.05, 0) is 44.0 Å². The van der Waals surface area contributed by atoms with E-state index in [4.69, 9.17) is 28.9 Å². The summed E-state index contributed by atoms with van der Waals surface area (Å²) >= 11 is 1.36. The smallest absolute Gasteiger partial charge is 0.415 e. The van der Waals surface area contributed by atoms with Crippen LogP contribution in [0.4, 0.5) is 4.79 Å². The van der Waals surface area contributed by atoms with Crippen LogP contribution in [0.15, 0.2) is 53.3 Å². The average molecular weight is 563 g/mol. The number of hydrogen-bond donors (Lipinski definition) is 0. The summed E-state index contributed by atoms with van der Waals surface area (Å²) in [6, 6.07) is 14.2. The van der Waals surface area contributed by atoms with Crippen LogP contribution in [0.25, 0.3) is 10.3 Å². The van der Waals surface area contributed by atoms with E-state index in [0.29, 0.717) is 58.2 Å². The highest BCUT2D eigenvalue weighted by molar-refractivity contribution is 7.18. The number of benzene rings is 2. The molecule has 4 heterocycles. The van der Waals surface area contributed by atoms with Crippen LogP contribution in [0.3, 0.4) is 0 Å². The Morgan fingerprint density at radius 2 is 1.90 bits per heavy atom. The van der Waals surface area contributed by atoms with Crippen molar-refractivity contribution in [3.8, 4) is 17.2 Å². The van der Waals surface area contributed by atoms with Gasteiger partial charge in [-0.1, -0.05) is 29.5 Å². The molecule has 2 aliphatic heterocycles. The number of carbonyl (C=O) groups is 1. The molecule has 0 radical (unpaired) electrons. The molecule has 0 bridgehead atoms. The van der Waals surface area contributed by atoms with Gasteiger partial charge in [0, 0.05) is 18.2 Å². The maximum atomic E-state index is 14.0. The number of hydrogen-bond acceptors (Lipinski definition) is 9. The van der Waals surface area contributed by atoms with Crippen LogP contribution < -0.4 is 19.8 Å². The highest BCUT2D eigenvalue weighted by atomic mass is 32.1. The number of amides is 1. The fraction of sp³-hybridized carbons (Fsp3) is 0.379. The molecule has 0 saturated carbocycles. The van der Waals surface area contributed by atoms with E-state index in [2.05, 4.69) is 0 Å². The molecule has 2 aliphatic rings. The van der Waals surface area contributed by atoms with Crippen molar-refractivity contribution >= 4 is 27.8 Å². The lowest BCUT2D eigenvalue weighted by molar-refractivity contribution is -0.0562. The van der Waals surface area contributed by atoms with Gasteiger partial charge in [0.15, 0.2) is 10.3 Å². The fourth-order valence-electron chi connectivity index (χ4n) is 5.25. The van der Waals surface area contributed by atoms with Crippen LogP contribution in [-0.4, -0.2) is 59.5 Å². The molecule has 2 fully saturated rings. The zero-order valence-electron chi connectivity index (χ0n) is 22.6. The van der Waals surface area contributed by atoms with E-state index < -0.39 is 11.5 Å². The van der Waals surface area contributed by atoms with Crippen LogP contribution in [0.2, 0.25) is 0 Å². The number of fused-ring (bicyclic) bond motifs is 1. The molecule has 0 spiro atoms. The summed E-state index contributed by atoms with van der Waals surface area (Å²) in [6.45, 7) is 3.80. The van der Waals surface area contributed by atoms with E-state index in [1.807, 2.05) is 37.3 Å². The maximum absolute atomic E-state index is 14.0. The zero-order chi connectivity index (χ0) is 27.9. The normalized spacial score (nSPS) is 18.0. The van der Waals surface area contributed by atoms with Crippen molar-refractivity contribution in [3.63, 3.8) is 0 Å². The van der Waals surface area contributed by atoms with Crippen molar-refractivity contribution in [2.45, 2.75) is 37.8 Å². The topological polar surface area (TPSA) is 105 Å². The Balaban J connectivity index is 1.38. The summed E-state index contributed by atoms with van der Waals surface area (Å²) in [5, 5.41) is 0.683. The Morgan fingerprint density at radius 1 is 1.10 bits per heavy atom. The molecular weight excluding hydrogens is 532 g/mol. The summed E-state index contributed by atoms with van der Waals surface area (Å²) in [6.07, 6.45) is 1.13. The zero-order valence-corrected chi connectivity index (χ0v) is 23.4. The Hall–Kier alpha value is -3.96. The van der Waals surface area contributed by atoms with Crippen LogP contribution in [0.5, 0.6) is 17.2 Å². The summed E-state index contributed by atoms with van der Waals surface area (Å²) in [5.74, 6) is 2.42. The third-order valence-electron chi connectivity index (χ3n) is 7.46. The van der Waals surface area contributed by atoms with Gasteiger partial charge >= 0.3 is 6.09 Å². The molecular formula is C29H30N4O6S. The predicted octanol–water partition coefficient (Wildman–Crippen LogP) is 4.54. The van der Waals surface area contributed by atoms with E-state index in [9.17, 15) is 9.59 Å². The number of likely N-dealkylation sites (tertiary alicyclic amines) is 1. The summed E-state index contributed by atoms with van der Waals surface area (Å²) < 4.78 is 23.7. The Morgan fingerprint density at radius 3 is 2.60 bits per heavy atom. The second-order valence-electron chi connectivity index (χ2n) is 10.3. The van der Waals surface area contributed by atoms with Crippen LogP contribution >= 0.6 is 11.3 Å². The lowest BCUT2D eigenvalue weighted by Gasteiger charge is -2.38. The Labute approximate surface area is 235 Å². The first-order chi connectivity index (χ1) is 19.4. The predicted molar refractivity (Wildman–Crippen MR) is 150 cm³/mol. The Kier molecular flexibility index (Phi) is 6.93. The van der Waals surface area contributed by atoms with Gasteiger partial charge in [-0.25, -0.2) is 14.8 Å². The van der Waals surface area contributed by atoms with Crippen molar-refractivity contribution in [1.29, 1.82) is 0 Å². The first kappa shape index (κ1) is 26.3. The van der Waals surface area contributed by atoms with Crippen molar-refractivity contribution in [3.05, 3.63) is 75.3 Å². The fourth-order valence-corrected chi connectivity index (χ4v) is 6.33. The number of para-hydroxylation sites is 1. The third kappa shape index (κ3) is 4.69. The molecule has 2 saturated heterocycles. The number of ether oxygens (including phenoxy) is 4. The number of thiazole rings is 1. The largest absolute Gasteiger partial charge is 0.497 e. The molecule has 6 rings (SSSR count). The molecule has 208 valence electrons. The van der Waals surface area contributed by atoms with E-state index in [0.717, 1.165) is 18.4 Å². The highest BCUT2D eigenvalue weighted by Crippen LogP contribution is 2.38. The van der Waals surface area contributed by atoms with Crippen LogP contribution in [-0.2, 0) is 16.7 Å². The van der Waals surface area contributed by atoms with E-state index in [1.165, 1.54) is 11.3 Å². The summed E-state index contributed by atoms with van der Waals surface area (Å²) in [4.78, 5) is 39.0. The molecule has 11 heteroatoms. The van der Waals surface area contributed by atoms with Gasteiger partial charge in [0.2, 0.25) is 0 Å². The maximum Gasteiger partial charge on any atom is 0.415 e. The monoisotopic (exact) mass is 562 g/mol. The van der Waals surface area contributed by atoms with Gasteiger partial charge in [0.1, 0.15) is 28.1 Å². The summed E-state index contributed by atoms with van der Waals surface area (Å²) in [7, 11) is 3.19. The molecule has 1 amide bonds. The first-order valence-corrected chi connectivity index (χ1v) is 14.0. The minimum absolute atomic E-state index is 0.232. The van der Waals surface area contributed by atoms with Gasteiger partial charge in [-0.15, -0.1) is 0 Å². The summed E-state index contributed by atoms with van der Waals surface area (Å²) in [5.41, 5.74) is 0.474. The minimum atomic E-state index is -0.426. The van der Waals surface area contributed by atoms with Crippen molar-refractivity contribution in [2.24, 2.45) is 0 Å². The van der Waals surface area contributed by atoms with Crippen LogP contribution in [0.1, 0.15) is 42.2 Å². The van der Waals surface area contributed by atoms with Gasteiger partial charge in [0.25, 0.3) is 5.56 Å². The number of methoxy groups -OCH3 is 2. The second-order valence-corrected chi connectivity index (χ2v) is 11.3. The quantitative estimate of drug-likeness (QED) is 0.323. The van der Waals surface area contributed by atoms with Gasteiger partial charge in [-0.3, -0.25) is 14.3 Å². The molecule has 1 unspecified atom stereocenters. The van der Waals surface area contributed by atoms with Crippen molar-refractivity contribution < 1.29 is 23.7 Å². The van der Waals surface area contributed by atoms with Crippen molar-refractivity contribution in [1.82, 2.24) is 19.4 Å². The van der Waals surface area contributed by atoms with Gasteiger partial charge in [-0.2, -0.15) is 0 Å². The molecule has 10 nitrogen and oxygen atoms in total. The number of rotatable bonds is 7. The van der Waals surface area contributed by atoms with E-state index >= 15 is 0 Å². The van der Waals surface area contributed by atoms with Gasteiger partial charge in [0.05, 0.1) is 45.4 Å². The lowest BCUT2D eigenvalue weighted by Crippen LogP contribution is -2.48. The standard InChI is InChI=1S/C29H30N4O6S/c1-29(16-38-17-29)27-31-25-23(26(34)33(27)15-18-11-12-20(36-2)14-22(18)37-3)30-24(40-25)21-10-7-13-32(21)28(35)39-19-8-5-4-6-9-19/h4-6,8-9,11-12,14,21H,7,10,13,15-17H2,1-3H3. The van der Waals surface area contributed by atoms with E-state index in [1.54, 1.807) is 41.9 Å². The molecule has 0 aliphatic carbocycles. The number of nitrogens with zero attached hydrogens (tertiary/aromatic N) is 4. The minimum Gasteiger partial charge on any atom is -0.497 e. The lowest BCUT2D eigenvalue weighted by atomic mass is 9.87. The van der Waals surface area contributed by atoms with Gasteiger partial charge < -0.3 is 18.9 Å². The molecule has 1 atom stereocenters. The van der Waals surface area contributed by atoms with Crippen molar-refractivity contribution in [2.75, 3.05) is 34.0 Å². The molecule has 2 aromatic heterocycles. The Bertz CT molecular complexity index is 1610. The SMILES string of the molecule is COc1ccc(Cn2c(C3(C)COC3)nc3sc(C4CCCN4C(=O)Oc4ccccc4)nc3c2=O)c(OC)c1. The number of carbonyl (C=O) groups excluding carboxylic acids is 1.